The number of amides is 1. The molecule has 3 heterocycles. The average Bonchev–Trinajstić information content (AvgIpc) is 3.45. The monoisotopic (exact) mass is 363 g/mol. The van der Waals surface area contributed by atoms with Crippen molar-refractivity contribution in [2.24, 2.45) is 0 Å². The molecule has 2 unspecified atom stereocenters. The molecule has 2 atom stereocenters. The van der Waals surface area contributed by atoms with Crippen LogP contribution >= 0.6 is 0 Å². The fraction of sp³-hybridized carbons (Fsp3) is 0.333. The zero-order valence-corrected chi connectivity index (χ0v) is 15.1. The Morgan fingerprint density at radius 2 is 1.89 bits per heavy atom. The van der Waals surface area contributed by atoms with E-state index in [1.165, 1.54) is 0 Å². The topological polar surface area (TPSA) is 56.1 Å². The van der Waals surface area contributed by atoms with Gasteiger partial charge in [-0.3, -0.25) is 4.79 Å². The lowest BCUT2D eigenvalue weighted by Crippen LogP contribution is -2.51. The Kier molecular flexibility index (Phi) is 3.77. The van der Waals surface area contributed by atoms with E-state index in [2.05, 4.69) is 4.98 Å². The number of imidazole rings is 1. The number of benzene rings is 1. The molecule has 0 bridgehead atoms. The van der Waals surface area contributed by atoms with Crippen molar-refractivity contribution in [2.45, 2.75) is 44.6 Å². The van der Waals surface area contributed by atoms with Crippen molar-refractivity contribution in [3.63, 3.8) is 0 Å². The van der Waals surface area contributed by atoms with Gasteiger partial charge in [0.15, 0.2) is 11.5 Å². The molecule has 6 heteroatoms. The SMILES string of the molecule is CC1Oc2ccccc2OC1C(=O)N(Cc1cnc2ccccn12)C1CC1. The summed E-state index contributed by atoms with van der Waals surface area (Å²) in [5.74, 6) is 1.29. The molecule has 2 aromatic heterocycles. The van der Waals surface area contributed by atoms with Crippen molar-refractivity contribution in [1.82, 2.24) is 14.3 Å². The summed E-state index contributed by atoms with van der Waals surface area (Å²) in [4.78, 5) is 19.7. The van der Waals surface area contributed by atoms with E-state index in [9.17, 15) is 4.79 Å². The van der Waals surface area contributed by atoms with E-state index < -0.39 is 6.10 Å². The van der Waals surface area contributed by atoms with Gasteiger partial charge in [0.1, 0.15) is 11.8 Å². The Morgan fingerprint density at radius 3 is 2.67 bits per heavy atom. The lowest BCUT2D eigenvalue weighted by molar-refractivity contribution is -0.145. The Labute approximate surface area is 157 Å². The van der Waals surface area contributed by atoms with Crippen molar-refractivity contribution in [3.05, 3.63) is 60.6 Å². The Hall–Kier alpha value is -3.02. The number of carbonyl (C=O) groups is 1. The first-order valence-corrected chi connectivity index (χ1v) is 9.34. The summed E-state index contributed by atoms with van der Waals surface area (Å²) in [6, 6.07) is 13.6. The minimum absolute atomic E-state index is 0.0228. The number of hydrogen-bond donors (Lipinski definition) is 0. The van der Waals surface area contributed by atoms with E-state index in [0.717, 1.165) is 24.2 Å². The van der Waals surface area contributed by atoms with Crippen LogP contribution in [0.15, 0.2) is 54.9 Å². The van der Waals surface area contributed by atoms with Gasteiger partial charge >= 0.3 is 0 Å². The molecule has 0 spiro atoms. The number of nitrogens with zero attached hydrogens (tertiary/aromatic N) is 3. The van der Waals surface area contributed by atoms with Crippen LogP contribution in [0.2, 0.25) is 0 Å². The number of aromatic nitrogens is 2. The number of ether oxygens (including phenoxy) is 2. The maximum Gasteiger partial charge on any atom is 0.268 e. The van der Waals surface area contributed by atoms with Gasteiger partial charge in [0.2, 0.25) is 6.10 Å². The summed E-state index contributed by atoms with van der Waals surface area (Å²) in [6.45, 7) is 2.40. The molecule has 1 saturated carbocycles. The van der Waals surface area contributed by atoms with Crippen molar-refractivity contribution in [3.8, 4) is 11.5 Å². The number of rotatable bonds is 4. The molecule has 1 aliphatic carbocycles. The first kappa shape index (κ1) is 16.2. The van der Waals surface area contributed by atoms with Crippen LogP contribution in [0, 0.1) is 0 Å². The number of para-hydroxylation sites is 2. The number of pyridine rings is 1. The van der Waals surface area contributed by atoms with Gasteiger partial charge in [-0.15, -0.1) is 0 Å². The quantitative estimate of drug-likeness (QED) is 0.715. The van der Waals surface area contributed by atoms with Crippen LogP contribution in [-0.4, -0.2) is 38.4 Å². The van der Waals surface area contributed by atoms with Gasteiger partial charge in [-0.05, 0) is 44.0 Å². The van der Waals surface area contributed by atoms with Gasteiger partial charge in [0.25, 0.3) is 5.91 Å². The smallest absolute Gasteiger partial charge is 0.268 e. The zero-order chi connectivity index (χ0) is 18.4. The molecule has 3 aromatic rings. The van der Waals surface area contributed by atoms with Crippen molar-refractivity contribution >= 4 is 11.6 Å². The average molecular weight is 363 g/mol. The summed E-state index contributed by atoms with van der Waals surface area (Å²) in [5, 5.41) is 0. The van der Waals surface area contributed by atoms with Gasteiger partial charge in [-0.1, -0.05) is 18.2 Å². The summed E-state index contributed by atoms with van der Waals surface area (Å²) in [6.07, 6.45) is 4.90. The number of carbonyl (C=O) groups excluding carboxylic acids is 1. The number of hydrogen-bond acceptors (Lipinski definition) is 4. The van der Waals surface area contributed by atoms with Crippen molar-refractivity contribution in [1.29, 1.82) is 0 Å². The minimum Gasteiger partial charge on any atom is -0.482 e. The maximum absolute atomic E-state index is 13.4. The standard InChI is InChI=1S/C21H21N3O3/c1-14-20(27-18-7-3-2-6-17(18)26-14)21(25)24(15-9-10-15)13-16-12-22-19-8-4-5-11-23(16)19/h2-8,11-12,14-15,20H,9-10,13H2,1H3. The summed E-state index contributed by atoms with van der Waals surface area (Å²) in [5.41, 5.74) is 1.88. The minimum atomic E-state index is -0.639. The Balaban J connectivity index is 1.41. The normalized spacial score (nSPS) is 21.2. The predicted molar refractivity (Wildman–Crippen MR) is 99.7 cm³/mol. The van der Waals surface area contributed by atoms with E-state index in [4.69, 9.17) is 9.47 Å². The molecular formula is C21H21N3O3. The van der Waals surface area contributed by atoms with Gasteiger partial charge in [-0.2, -0.15) is 0 Å². The second-order valence-electron chi connectivity index (χ2n) is 7.18. The molecule has 1 amide bonds. The van der Waals surface area contributed by atoms with Gasteiger partial charge in [-0.25, -0.2) is 4.98 Å². The molecule has 5 rings (SSSR count). The van der Waals surface area contributed by atoms with Gasteiger partial charge < -0.3 is 18.8 Å². The van der Waals surface area contributed by atoms with Crippen LogP contribution in [0.25, 0.3) is 5.65 Å². The molecule has 2 aliphatic rings. The van der Waals surface area contributed by atoms with Crippen LogP contribution < -0.4 is 9.47 Å². The molecule has 0 radical (unpaired) electrons. The van der Waals surface area contributed by atoms with Gasteiger partial charge in [0, 0.05) is 12.2 Å². The first-order valence-electron chi connectivity index (χ1n) is 9.34. The van der Waals surface area contributed by atoms with E-state index in [-0.39, 0.29) is 18.1 Å². The Morgan fingerprint density at radius 1 is 1.15 bits per heavy atom. The third-order valence-corrected chi connectivity index (χ3v) is 5.18. The van der Waals surface area contributed by atoms with E-state index in [1.807, 2.05) is 71.1 Å². The molecule has 0 saturated heterocycles. The van der Waals surface area contributed by atoms with Crippen LogP contribution in [-0.2, 0) is 11.3 Å². The van der Waals surface area contributed by atoms with Crippen LogP contribution in [0.4, 0.5) is 0 Å². The van der Waals surface area contributed by atoms with E-state index in [1.54, 1.807) is 0 Å². The third kappa shape index (κ3) is 2.91. The van der Waals surface area contributed by atoms with Crippen LogP contribution in [0.1, 0.15) is 25.5 Å². The highest BCUT2D eigenvalue weighted by Gasteiger charge is 2.42. The highest BCUT2D eigenvalue weighted by molar-refractivity contribution is 5.83. The first-order chi connectivity index (χ1) is 13.2. The second-order valence-corrected chi connectivity index (χ2v) is 7.18. The molecule has 138 valence electrons. The summed E-state index contributed by atoms with van der Waals surface area (Å²) >= 11 is 0. The Bertz CT molecular complexity index is 995. The molecule has 6 nitrogen and oxygen atoms in total. The van der Waals surface area contributed by atoms with E-state index >= 15 is 0 Å². The largest absolute Gasteiger partial charge is 0.482 e. The second kappa shape index (κ2) is 6.30. The molecule has 1 aliphatic heterocycles. The summed E-state index contributed by atoms with van der Waals surface area (Å²) in [7, 11) is 0. The molecule has 27 heavy (non-hydrogen) atoms. The lowest BCUT2D eigenvalue weighted by Gasteiger charge is -2.34. The lowest BCUT2D eigenvalue weighted by atomic mass is 10.1. The molecule has 1 aromatic carbocycles. The molecule has 0 N–H and O–H groups in total. The number of fused-ring (bicyclic) bond motifs is 2. The van der Waals surface area contributed by atoms with E-state index in [0.29, 0.717) is 18.0 Å². The highest BCUT2D eigenvalue weighted by Crippen LogP contribution is 2.36. The zero-order valence-electron chi connectivity index (χ0n) is 15.1. The summed E-state index contributed by atoms with van der Waals surface area (Å²) < 4.78 is 14.0. The fourth-order valence-electron chi connectivity index (χ4n) is 3.60. The predicted octanol–water partition coefficient (Wildman–Crippen LogP) is 3.05. The van der Waals surface area contributed by atoms with Crippen molar-refractivity contribution in [2.75, 3.05) is 0 Å². The molecular weight excluding hydrogens is 342 g/mol. The highest BCUT2D eigenvalue weighted by atomic mass is 16.6. The fourth-order valence-corrected chi connectivity index (χ4v) is 3.60. The van der Waals surface area contributed by atoms with Crippen LogP contribution in [0.3, 0.4) is 0 Å². The maximum atomic E-state index is 13.4. The van der Waals surface area contributed by atoms with Gasteiger partial charge in [0.05, 0.1) is 18.4 Å². The van der Waals surface area contributed by atoms with Crippen molar-refractivity contribution < 1.29 is 14.3 Å². The van der Waals surface area contributed by atoms with Crippen LogP contribution in [0.5, 0.6) is 11.5 Å². The third-order valence-electron chi connectivity index (χ3n) is 5.18. The molecule has 1 fully saturated rings.